The highest BCUT2D eigenvalue weighted by atomic mass is 16.6. The third kappa shape index (κ3) is 43.8. The smallest absolute Gasteiger partial charge is 0.330 e. The third-order valence-corrected chi connectivity index (χ3v) is 9.27. The molecule has 0 unspecified atom stereocenters. The first-order valence-corrected chi connectivity index (χ1v) is 23.9. The molecule has 0 heterocycles. The monoisotopic (exact) mass is 1050 g/mol. The van der Waals surface area contributed by atoms with Gasteiger partial charge in [0.1, 0.15) is 33.0 Å². The third-order valence-electron chi connectivity index (χ3n) is 9.27. The SMILES string of the molecule is C=CC(=O)OCCOCCOCC(CCOCCOCCOC=O)(COCCOCCOC(=O)C=C)COCC(COCCOCCOC)(COCCOCCOC(=O)C=C)COCCOCCOC(=O)C=C. The van der Waals surface area contributed by atoms with Crippen LogP contribution in [-0.2, 0) is 114 Å². The summed E-state index contributed by atoms with van der Waals surface area (Å²) in [5.74, 6) is -2.23. The summed E-state index contributed by atoms with van der Waals surface area (Å²) in [6, 6.07) is 0. The number of ether oxygens (including phenoxy) is 19. The molecule has 0 bridgehead atoms. The first-order chi connectivity index (χ1) is 35.6. The van der Waals surface area contributed by atoms with Gasteiger partial charge in [-0.25, -0.2) is 19.2 Å². The summed E-state index contributed by atoms with van der Waals surface area (Å²) in [6.07, 6.45) is 4.65. The van der Waals surface area contributed by atoms with Crippen LogP contribution in [0.3, 0.4) is 0 Å². The first-order valence-electron chi connectivity index (χ1n) is 23.9. The molecular weight excluding hydrogens is 973 g/mol. The molecule has 0 aliphatic carbocycles. The van der Waals surface area contributed by atoms with Crippen LogP contribution in [0.4, 0.5) is 0 Å². The molecule has 73 heavy (non-hydrogen) atoms. The summed E-state index contributed by atoms with van der Waals surface area (Å²) < 4.78 is 107. The van der Waals surface area contributed by atoms with Crippen LogP contribution >= 0.6 is 0 Å². The van der Waals surface area contributed by atoms with Crippen molar-refractivity contribution in [1.82, 2.24) is 0 Å². The number of methoxy groups -OCH3 is 1. The van der Waals surface area contributed by atoms with E-state index in [-0.39, 0.29) is 192 Å². The van der Waals surface area contributed by atoms with Crippen LogP contribution in [0.15, 0.2) is 50.6 Å². The highest BCUT2D eigenvalue weighted by Crippen LogP contribution is 2.28. The molecule has 0 aliphatic heterocycles. The lowest BCUT2D eigenvalue weighted by atomic mass is 9.86. The Kier molecular flexibility index (Phi) is 48.3. The molecule has 0 aliphatic rings. The van der Waals surface area contributed by atoms with E-state index in [2.05, 4.69) is 31.1 Å². The van der Waals surface area contributed by atoms with Crippen molar-refractivity contribution in [2.24, 2.45) is 10.8 Å². The van der Waals surface area contributed by atoms with E-state index < -0.39 is 34.7 Å². The molecule has 0 amide bonds. The molecule has 0 N–H and O–H groups in total. The molecule has 422 valence electrons. The van der Waals surface area contributed by atoms with E-state index in [1.165, 1.54) is 0 Å². The Bertz CT molecular complexity index is 1340. The van der Waals surface area contributed by atoms with Gasteiger partial charge in [-0.15, -0.1) is 0 Å². The van der Waals surface area contributed by atoms with Crippen molar-refractivity contribution in [3.63, 3.8) is 0 Å². The van der Waals surface area contributed by atoms with Gasteiger partial charge in [0, 0.05) is 43.4 Å². The summed E-state index contributed by atoms with van der Waals surface area (Å²) in [5, 5.41) is 0. The second kappa shape index (κ2) is 51.2. The average molecular weight is 1060 g/mol. The highest BCUT2D eigenvalue weighted by Gasteiger charge is 2.36. The maximum absolute atomic E-state index is 11.4. The largest absolute Gasteiger partial charge is 0.465 e. The van der Waals surface area contributed by atoms with Crippen LogP contribution in [0, 0.1) is 10.8 Å². The minimum absolute atomic E-state index is 0.0423. The summed E-state index contributed by atoms with van der Waals surface area (Å²) in [4.78, 5) is 56.1. The second-order valence-electron chi connectivity index (χ2n) is 15.2. The number of esters is 4. The van der Waals surface area contributed by atoms with Crippen molar-refractivity contribution < 1.29 is 114 Å². The Labute approximate surface area is 429 Å². The van der Waals surface area contributed by atoms with Gasteiger partial charge in [0.2, 0.25) is 0 Å². The lowest BCUT2D eigenvalue weighted by Crippen LogP contribution is -2.45. The quantitative estimate of drug-likeness (QED) is 0.0273. The molecule has 0 aromatic rings. The molecule has 0 aromatic carbocycles. The van der Waals surface area contributed by atoms with Crippen LogP contribution in [0.25, 0.3) is 0 Å². The van der Waals surface area contributed by atoms with Gasteiger partial charge in [0.05, 0.1) is 177 Å². The Morgan fingerprint density at radius 2 is 0.562 bits per heavy atom. The van der Waals surface area contributed by atoms with Crippen LogP contribution in [0.5, 0.6) is 0 Å². The fourth-order valence-electron chi connectivity index (χ4n) is 5.57. The average Bonchev–Trinajstić information content (AvgIpc) is 3.40. The fraction of sp³-hybridized carbons (Fsp3) is 0.735. The minimum atomic E-state index is -0.924. The van der Waals surface area contributed by atoms with Crippen molar-refractivity contribution in [2.75, 3.05) is 219 Å². The number of hydrogen-bond acceptors (Lipinski definition) is 24. The topological polar surface area (TPSA) is 261 Å². The Morgan fingerprint density at radius 3 is 0.877 bits per heavy atom. The van der Waals surface area contributed by atoms with E-state index in [0.717, 1.165) is 24.3 Å². The molecule has 0 radical (unpaired) electrons. The van der Waals surface area contributed by atoms with Crippen LogP contribution in [0.1, 0.15) is 6.42 Å². The zero-order valence-corrected chi connectivity index (χ0v) is 42.8. The van der Waals surface area contributed by atoms with E-state index in [0.29, 0.717) is 32.7 Å². The summed E-state index contributed by atoms with van der Waals surface area (Å²) >= 11 is 0. The lowest BCUT2D eigenvalue weighted by Gasteiger charge is -2.37. The van der Waals surface area contributed by atoms with Gasteiger partial charge in [-0.1, -0.05) is 26.3 Å². The zero-order valence-electron chi connectivity index (χ0n) is 42.8. The Hall–Kier alpha value is -4.25. The van der Waals surface area contributed by atoms with Gasteiger partial charge in [-0.05, 0) is 6.42 Å². The van der Waals surface area contributed by atoms with Gasteiger partial charge in [-0.3, -0.25) is 4.79 Å². The van der Waals surface area contributed by atoms with Crippen molar-refractivity contribution in [2.45, 2.75) is 6.42 Å². The Balaban J connectivity index is 6.43. The maximum Gasteiger partial charge on any atom is 0.330 e. The normalized spacial score (nSPS) is 11.4. The van der Waals surface area contributed by atoms with Crippen LogP contribution in [-0.4, -0.2) is 249 Å². The van der Waals surface area contributed by atoms with Crippen molar-refractivity contribution in [3.05, 3.63) is 50.6 Å². The van der Waals surface area contributed by atoms with E-state index in [1.54, 1.807) is 7.11 Å². The summed E-state index contributed by atoms with van der Waals surface area (Å²) in [7, 11) is 1.58. The molecule has 0 aromatic heterocycles. The van der Waals surface area contributed by atoms with Crippen LogP contribution < -0.4 is 0 Å². The molecule has 0 fully saturated rings. The van der Waals surface area contributed by atoms with Crippen molar-refractivity contribution in [3.8, 4) is 0 Å². The first kappa shape index (κ1) is 68.8. The molecular formula is C49H82O24. The molecule has 0 atom stereocenters. The standard InChI is InChI=1S/C49H82O24/c1-6-44(51)70-32-28-59-17-22-63-36-48(10-11-56-14-15-58-21-27-68-43-50,37-64-23-18-60-29-33-71-45(52)7-2)38-69-42-49(39-65-24-16-57-13-12-55-5,40-66-25-19-61-30-34-72-46(53)8-3)41-67-26-20-62-31-35-73-47(54)9-4/h6-9,43H,1-4,10-42H2,5H3. The van der Waals surface area contributed by atoms with Gasteiger partial charge in [0.15, 0.2) is 0 Å². The van der Waals surface area contributed by atoms with E-state index >= 15 is 0 Å². The fourth-order valence-corrected chi connectivity index (χ4v) is 5.57. The summed E-state index contributed by atoms with van der Waals surface area (Å²) in [5.41, 5.74) is -1.76. The number of hydrogen-bond donors (Lipinski definition) is 0. The molecule has 0 saturated heterocycles. The van der Waals surface area contributed by atoms with E-state index in [4.69, 9.17) is 85.3 Å². The Morgan fingerprint density at radius 1 is 0.315 bits per heavy atom. The molecule has 24 nitrogen and oxygen atoms in total. The van der Waals surface area contributed by atoms with Gasteiger partial charge in [-0.2, -0.15) is 0 Å². The van der Waals surface area contributed by atoms with Gasteiger partial charge < -0.3 is 90.0 Å². The predicted molar refractivity (Wildman–Crippen MR) is 259 cm³/mol. The lowest BCUT2D eigenvalue weighted by molar-refractivity contribution is -0.144. The maximum atomic E-state index is 11.4. The number of rotatable bonds is 58. The van der Waals surface area contributed by atoms with Gasteiger partial charge in [0.25, 0.3) is 6.47 Å². The molecule has 0 rings (SSSR count). The minimum Gasteiger partial charge on any atom is -0.465 e. The van der Waals surface area contributed by atoms with E-state index in [1.807, 2.05) is 0 Å². The van der Waals surface area contributed by atoms with Crippen molar-refractivity contribution in [1.29, 1.82) is 0 Å². The molecule has 0 saturated carbocycles. The number of carbonyl (C=O) groups excluding carboxylic acids is 5. The van der Waals surface area contributed by atoms with Crippen molar-refractivity contribution >= 4 is 30.3 Å². The number of carbonyl (C=O) groups is 5. The predicted octanol–water partition coefficient (Wildman–Crippen LogP) is 1.30. The molecule has 24 heteroatoms. The van der Waals surface area contributed by atoms with Gasteiger partial charge >= 0.3 is 23.9 Å². The summed E-state index contributed by atoms with van der Waals surface area (Å²) in [6.45, 7) is 19.1. The van der Waals surface area contributed by atoms with Crippen LogP contribution in [0.2, 0.25) is 0 Å². The molecule has 0 spiro atoms. The highest BCUT2D eigenvalue weighted by molar-refractivity contribution is 5.82. The zero-order chi connectivity index (χ0) is 53.6. The van der Waals surface area contributed by atoms with E-state index in [9.17, 15) is 24.0 Å². The second-order valence-corrected chi connectivity index (χ2v) is 15.2.